The molecule has 0 saturated carbocycles. The van der Waals surface area contributed by atoms with Crippen LogP contribution in [0.4, 0.5) is 5.69 Å². The van der Waals surface area contributed by atoms with E-state index in [0.717, 1.165) is 0 Å². The maximum Gasteiger partial charge on any atom is 0.321 e. The molecule has 0 spiro atoms. The fraction of sp³-hybridized carbons (Fsp3) is 0.118. The van der Waals surface area contributed by atoms with Crippen LogP contribution in [0.3, 0.4) is 0 Å². The first-order valence-electron chi connectivity index (χ1n) is 7.02. The van der Waals surface area contributed by atoms with E-state index in [4.69, 9.17) is 9.15 Å². The average Bonchev–Trinajstić information content (AvgIpc) is 2.57. The predicted molar refractivity (Wildman–Crippen MR) is 87.5 cm³/mol. The maximum atomic E-state index is 12.3. The van der Waals surface area contributed by atoms with Crippen LogP contribution in [0.25, 0.3) is 22.3 Å². The lowest BCUT2D eigenvalue weighted by atomic mass is 10.1. The summed E-state index contributed by atoms with van der Waals surface area (Å²) < 4.78 is 10.7. The van der Waals surface area contributed by atoms with E-state index in [-0.39, 0.29) is 39.5 Å². The molecular formula is C17H13NO6. The van der Waals surface area contributed by atoms with Crippen molar-refractivity contribution >= 4 is 16.7 Å². The van der Waals surface area contributed by atoms with Crippen LogP contribution >= 0.6 is 0 Å². The number of rotatable bonds is 3. The lowest BCUT2D eigenvalue weighted by Gasteiger charge is -2.09. The molecule has 0 bridgehead atoms. The Bertz CT molecular complexity index is 1020. The van der Waals surface area contributed by atoms with Gasteiger partial charge in [0.05, 0.1) is 23.0 Å². The van der Waals surface area contributed by atoms with Crippen molar-refractivity contribution in [3.05, 3.63) is 62.3 Å². The Morgan fingerprint density at radius 3 is 2.67 bits per heavy atom. The number of benzene rings is 2. The van der Waals surface area contributed by atoms with Crippen molar-refractivity contribution in [2.45, 2.75) is 6.92 Å². The number of nitrogens with zero attached hydrogens (tertiary/aromatic N) is 1. The number of fused-ring (bicyclic) bond motifs is 1. The Morgan fingerprint density at radius 2 is 2.00 bits per heavy atom. The number of nitro benzene ring substituents is 1. The van der Waals surface area contributed by atoms with E-state index in [1.165, 1.54) is 37.4 Å². The van der Waals surface area contributed by atoms with E-state index in [2.05, 4.69) is 0 Å². The van der Waals surface area contributed by atoms with Gasteiger partial charge >= 0.3 is 5.69 Å². The molecule has 1 heterocycles. The minimum Gasteiger partial charge on any atom is -0.508 e. The number of para-hydroxylation sites is 1. The highest BCUT2D eigenvalue weighted by Gasteiger charge is 2.24. The third-order valence-corrected chi connectivity index (χ3v) is 3.78. The lowest BCUT2D eigenvalue weighted by molar-refractivity contribution is -0.385. The van der Waals surface area contributed by atoms with Gasteiger partial charge in [0.15, 0.2) is 11.2 Å². The van der Waals surface area contributed by atoms with Crippen LogP contribution in [0, 0.1) is 17.0 Å². The van der Waals surface area contributed by atoms with Crippen molar-refractivity contribution in [2.75, 3.05) is 7.11 Å². The van der Waals surface area contributed by atoms with E-state index in [0.29, 0.717) is 10.9 Å². The molecule has 3 rings (SSSR count). The van der Waals surface area contributed by atoms with Crippen molar-refractivity contribution in [2.24, 2.45) is 0 Å². The summed E-state index contributed by atoms with van der Waals surface area (Å²) >= 11 is 0. The molecule has 0 radical (unpaired) electrons. The molecule has 0 unspecified atom stereocenters. The number of phenols is 1. The van der Waals surface area contributed by atoms with Gasteiger partial charge in [-0.2, -0.15) is 0 Å². The Balaban J connectivity index is 2.38. The summed E-state index contributed by atoms with van der Waals surface area (Å²) in [6.45, 7) is 1.60. The number of methoxy groups -OCH3 is 1. The molecular weight excluding hydrogens is 314 g/mol. The second-order valence-electron chi connectivity index (χ2n) is 5.17. The van der Waals surface area contributed by atoms with Gasteiger partial charge in [0.25, 0.3) is 0 Å². The number of aromatic hydroxyl groups is 1. The van der Waals surface area contributed by atoms with Crippen LogP contribution in [0.1, 0.15) is 5.56 Å². The molecule has 3 aromatic rings. The van der Waals surface area contributed by atoms with Gasteiger partial charge in [-0.3, -0.25) is 14.9 Å². The SMILES string of the molecule is COc1cccc(-c2cc(=O)c3ccc(O)c(C)c3o2)c1[N+](=O)[O-]. The van der Waals surface area contributed by atoms with Crippen molar-refractivity contribution < 1.29 is 19.2 Å². The van der Waals surface area contributed by atoms with Gasteiger partial charge in [-0.25, -0.2) is 0 Å². The van der Waals surface area contributed by atoms with Gasteiger partial charge in [0.1, 0.15) is 17.1 Å². The van der Waals surface area contributed by atoms with Gasteiger partial charge in [-0.05, 0) is 31.2 Å². The van der Waals surface area contributed by atoms with Crippen LogP contribution < -0.4 is 10.2 Å². The molecule has 122 valence electrons. The van der Waals surface area contributed by atoms with Crippen molar-refractivity contribution in [3.8, 4) is 22.8 Å². The Hall–Kier alpha value is -3.35. The quantitative estimate of drug-likeness (QED) is 0.584. The van der Waals surface area contributed by atoms with Crippen LogP contribution in [0.2, 0.25) is 0 Å². The first-order valence-corrected chi connectivity index (χ1v) is 7.02. The van der Waals surface area contributed by atoms with Crippen LogP contribution in [0.15, 0.2) is 45.6 Å². The van der Waals surface area contributed by atoms with E-state index >= 15 is 0 Å². The summed E-state index contributed by atoms with van der Waals surface area (Å²) in [4.78, 5) is 23.1. The summed E-state index contributed by atoms with van der Waals surface area (Å²) in [5.74, 6) is 0.0719. The number of ether oxygens (including phenoxy) is 1. The highest BCUT2D eigenvalue weighted by Crippen LogP contribution is 2.38. The van der Waals surface area contributed by atoms with Crippen LogP contribution in [-0.4, -0.2) is 17.1 Å². The summed E-state index contributed by atoms with van der Waals surface area (Å²) in [6, 6.07) is 8.55. The summed E-state index contributed by atoms with van der Waals surface area (Å²) in [5.41, 5.74) is 0.0551. The minimum absolute atomic E-state index is 0.0251. The lowest BCUT2D eigenvalue weighted by Crippen LogP contribution is -2.03. The van der Waals surface area contributed by atoms with Gasteiger partial charge in [0.2, 0.25) is 0 Å². The number of aryl methyl sites for hydroxylation is 1. The average molecular weight is 327 g/mol. The van der Waals surface area contributed by atoms with Gasteiger partial charge in [-0.1, -0.05) is 6.07 Å². The van der Waals surface area contributed by atoms with Crippen molar-refractivity contribution in [3.63, 3.8) is 0 Å². The Morgan fingerprint density at radius 1 is 1.25 bits per heavy atom. The second-order valence-corrected chi connectivity index (χ2v) is 5.17. The molecule has 24 heavy (non-hydrogen) atoms. The molecule has 0 amide bonds. The normalized spacial score (nSPS) is 10.8. The third-order valence-electron chi connectivity index (χ3n) is 3.78. The second kappa shape index (κ2) is 5.69. The topological polar surface area (TPSA) is 103 Å². The highest BCUT2D eigenvalue weighted by molar-refractivity contribution is 5.84. The largest absolute Gasteiger partial charge is 0.508 e. The smallest absolute Gasteiger partial charge is 0.321 e. The molecule has 0 saturated heterocycles. The van der Waals surface area contributed by atoms with E-state index in [9.17, 15) is 20.0 Å². The molecule has 1 N–H and O–H groups in total. The molecule has 0 aliphatic carbocycles. The Kier molecular flexibility index (Phi) is 3.69. The summed E-state index contributed by atoms with van der Waals surface area (Å²) in [5, 5.41) is 21.5. The monoisotopic (exact) mass is 327 g/mol. The van der Waals surface area contributed by atoms with Crippen LogP contribution in [-0.2, 0) is 0 Å². The molecule has 0 aliphatic rings. The maximum absolute atomic E-state index is 12.3. The zero-order valence-electron chi connectivity index (χ0n) is 12.9. The van der Waals surface area contributed by atoms with E-state index in [1.54, 1.807) is 13.0 Å². The van der Waals surface area contributed by atoms with Gasteiger partial charge in [0, 0.05) is 11.6 Å². The predicted octanol–water partition coefficient (Wildman–Crippen LogP) is 3.39. The standard InChI is InChI=1S/C17H13NO6/c1-9-12(19)7-6-10-13(20)8-15(24-17(9)10)11-4-3-5-14(23-2)16(11)18(21)22/h3-8,19H,1-2H3. The fourth-order valence-electron chi connectivity index (χ4n) is 2.55. The molecule has 0 fully saturated rings. The number of hydrogen-bond donors (Lipinski definition) is 1. The third kappa shape index (κ3) is 2.36. The van der Waals surface area contributed by atoms with Crippen molar-refractivity contribution in [1.29, 1.82) is 0 Å². The van der Waals surface area contributed by atoms with Crippen LogP contribution in [0.5, 0.6) is 11.5 Å². The first kappa shape index (κ1) is 15.5. The first-order chi connectivity index (χ1) is 11.4. The zero-order chi connectivity index (χ0) is 17.4. The van der Waals surface area contributed by atoms with Gasteiger partial charge < -0.3 is 14.3 Å². The minimum atomic E-state index is -0.590. The molecule has 0 atom stereocenters. The number of hydrogen-bond acceptors (Lipinski definition) is 6. The highest BCUT2D eigenvalue weighted by atomic mass is 16.6. The fourth-order valence-corrected chi connectivity index (χ4v) is 2.55. The zero-order valence-corrected chi connectivity index (χ0v) is 12.9. The number of phenolic OH excluding ortho intramolecular Hbond substituents is 1. The molecule has 7 heteroatoms. The molecule has 1 aromatic heterocycles. The van der Waals surface area contributed by atoms with Gasteiger partial charge in [-0.15, -0.1) is 0 Å². The van der Waals surface area contributed by atoms with Crippen molar-refractivity contribution in [1.82, 2.24) is 0 Å². The molecule has 2 aromatic carbocycles. The summed E-state index contributed by atoms with van der Waals surface area (Å²) in [6.07, 6.45) is 0. The Labute approximate surface area is 135 Å². The molecule has 0 aliphatic heterocycles. The number of nitro groups is 1. The molecule has 7 nitrogen and oxygen atoms in total. The van der Waals surface area contributed by atoms with E-state index < -0.39 is 4.92 Å². The summed E-state index contributed by atoms with van der Waals surface area (Å²) in [7, 11) is 1.32. The van der Waals surface area contributed by atoms with E-state index in [1.807, 2.05) is 0 Å².